The first-order chi connectivity index (χ1) is 14.9. The van der Waals surface area contributed by atoms with Gasteiger partial charge in [-0.2, -0.15) is 0 Å². The number of aryl methyl sites for hydroxylation is 1. The number of methoxy groups -OCH3 is 1. The summed E-state index contributed by atoms with van der Waals surface area (Å²) in [5.74, 6) is 0.342. The maximum atomic E-state index is 12.6. The van der Waals surface area contributed by atoms with Gasteiger partial charge in [0.1, 0.15) is 11.4 Å². The summed E-state index contributed by atoms with van der Waals surface area (Å²) in [6.45, 7) is 3.53. The van der Waals surface area contributed by atoms with Crippen molar-refractivity contribution in [2.45, 2.75) is 20.3 Å². The van der Waals surface area contributed by atoms with Gasteiger partial charge in [-0.1, -0.05) is 18.2 Å². The Hall–Kier alpha value is -3.93. The number of anilines is 1. The fourth-order valence-electron chi connectivity index (χ4n) is 3.53. The van der Waals surface area contributed by atoms with Crippen molar-refractivity contribution in [3.8, 4) is 17.0 Å². The smallest absolute Gasteiger partial charge is 0.228 e. The number of hydrogen-bond donors (Lipinski definition) is 1. The molecule has 2 heterocycles. The molecule has 1 amide bonds. The van der Waals surface area contributed by atoms with Crippen LogP contribution in [0.4, 0.5) is 5.69 Å². The second-order valence-corrected chi connectivity index (χ2v) is 7.43. The second kappa shape index (κ2) is 8.44. The van der Waals surface area contributed by atoms with Crippen molar-refractivity contribution in [1.29, 1.82) is 0 Å². The van der Waals surface area contributed by atoms with Gasteiger partial charge in [0.15, 0.2) is 5.78 Å². The SMILES string of the molecule is COc1ccc(C(C)=O)cc1CC(=O)Nc1ccc(-c2cn3cccc(C)c3n2)cc1. The summed E-state index contributed by atoms with van der Waals surface area (Å²) in [6.07, 6.45) is 4.07. The number of rotatable bonds is 6. The Balaban J connectivity index is 1.49. The van der Waals surface area contributed by atoms with Crippen LogP contribution < -0.4 is 10.1 Å². The van der Waals surface area contributed by atoms with Crippen LogP contribution in [0.3, 0.4) is 0 Å². The van der Waals surface area contributed by atoms with Crippen LogP contribution in [0.5, 0.6) is 5.75 Å². The standard InChI is InChI=1S/C25H23N3O3/c1-16-5-4-12-28-15-22(27-25(16)28)18-6-9-21(10-7-18)26-24(30)14-20-13-19(17(2)29)8-11-23(20)31-3/h4-13,15H,14H2,1-3H3,(H,26,30). The number of ketones is 1. The van der Waals surface area contributed by atoms with Crippen molar-refractivity contribution < 1.29 is 14.3 Å². The monoisotopic (exact) mass is 413 g/mol. The number of hydrogen-bond acceptors (Lipinski definition) is 4. The zero-order valence-electron chi connectivity index (χ0n) is 17.7. The van der Waals surface area contributed by atoms with Gasteiger partial charge in [0.2, 0.25) is 5.91 Å². The van der Waals surface area contributed by atoms with E-state index in [-0.39, 0.29) is 18.1 Å². The Labute approximate surface area is 180 Å². The van der Waals surface area contributed by atoms with E-state index in [0.29, 0.717) is 22.6 Å². The van der Waals surface area contributed by atoms with Gasteiger partial charge in [0, 0.05) is 34.8 Å². The number of imidazole rings is 1. The van der Waals surface area contributed by atoms with E-state index in [9.17, 15) is 9.59 Å². The number of ether oxygens (including phenoxy) is 1. The molecule has 0 saturated carbocycles. The van der Waals surface area contributed by atoms with Gasteiger partial charge in [-0.3, -0.25) is 9.59 Å². The predicted molar refractivity (Wildman–Crippen MR) is 121 cm³/mol. The van der Waals surface area contributed by atoms with E-state index in [2.05, 4.69) is 5.32 Å². The molecule has 0 radical (unpaired) electrons. The molecule has 4 rings (SSSR count). The number of benzene rings is 2. The molecule has 0 saturated heterocycles. The largest absolute Gasteiger partial charge is 0.496 e. The molecule has 2 aromatic heterocycles. The Morgan fingerprint density at radius 1 is 1.10 bits per heavy atom. The number of pyridine rings is 1. The molecule has 6 nitrogen and oxygen atoms in total. The average molecular weight is 413 g/mol. The minimum atomic E-state index is -0.185. The summed E-state index contributed by atoms with van der Waals surface area (Å²) in [5, 5.41) is 2.90. The van der Waals surface area contributed by atoms with Crippen LogP contribution in [0.1, 0.15) is 28.4 Å². The van der Waals surface area contributed by atoms with Gasteiger partial charge < -0.3 is 14.5 Å². The molecule has 0 aliphatic rings. The molecule has 31 heavy (non-hydrogen) atoms. The summed E-state index contributed by atoms with van der Waals surface area (Å²) >= 11 is 0. The predicted octanol–water partition coefficient (Wildman–Crippen LogP) is 4.70. The molecule has 2 aromatic carbocycles. The Kier molecular flexibility index (Phi) is 5.54. The first-order valence-corrected chi connectivity index (χ1v) is 9.97. The summed E-state index contributed by atoms with van der Waals surface area (Å²) in [4.78, 5) is 28.9. The van der Waals surface area contributed by atoms with Crippen LogP contribution in [0.15, 0.2) is 67.0 Å². The maximum absolute atomic E-state index is 12.6. The molecule has 156 valence electrons. The van der Waals surface area contributed by atoms with Crippen LogP contribution >= 0.6 is 0 Å². The molecule has 0 aliphatic carbocycles. The van der Waals surface area contributed by atoms with E-state index < -0.39 is 0 Å². The lowest BCUT2D eigenvalue weighted by Gasteiger charge is -2.11. The Morgan fingerprint density at radius 3 is 2.55 bits per heavy atom. The number of amides is 1. The van der Waals surface area contributed by atoms with Crippen LogP contribution in [-0.4, -0.2) is 28.2 Å². The molecule has 0 aliphatic heterocycles. The number of nitrogens with one attached hydrogen (secondary N) is 1. The molecular formula is C25H23N3O3. The number of carbonyl (C=O) groups is 2. The van der Waals surface area contributed by atoms with Gasteiger partial charge in [-0.15, -0.1) is 0 Å². The minimum Gasteiger partial charge on any atom is -0.496 e. The van der Waals surface area contributed by atoms with Gasteiger partial charge in [-0.25, -0.2) is 4.98 Å². The van der Waals surface area contributed by atoms with Crippen molar-refractivity contribution in [2.24, 2.45) is 0 Å². The Bertz CT molecular complexity index is 1270. The van der Waals surface area contributed by atoms with Gasteiger partial charge in [-0.05, 0) is 55.8 Å². The topological polar surface area (TPSA) is 72.7 Å². The highest BCUT2D eigenvalue weighted by Gasteiger charge is 2.12. The van der Waals surface area contributed by atoms with Crippen molar-refractivity contribution in [2.75, 3.05) is 12.4 Å². The summed E-state index contributed by atoms with van der Waals surface area (Å²) in [7, 11) is 1.55. The van der Waals surface area contributed by atoms with Crippen molar-refractivity contribution >= 4 is 23.0 Å². The third kappa shape index (κ3) is 4.33. The van der Waals surface area contributed by atoms with Gasteiger partial charge >= 0.3 is 0 Å². The first-order valence-electron chi connectivity index (χ1n) is 9.97. The number of aromatic nitrogens is 2. The third-order valence-corrected chi connectivity index (χ3v) is 5.18. The molecule has 0 spiro atoms. The van der Waals surface area contributed by atoms with E-state index in [0.717, 1.165) is 22.5 Å². The molecular weight excluding hydrogens is 390 g/mol. The van der Waals surface area contributed by atoms with Crippen LogP contribution in [0, 0.1) is 6.92 Å². The van der Waals surface area contributed by atoms with Crippen LogP contribution in [0.2, 0.25) is 0 Å². The summed E-state index contributed by atoms with van der Waals surface area (Å²) < 4.78 is 7.33. The third-order valence-electron chi connectivity index (χ3n) is 5.18. The fraction of sp³-hybridized carbons (Fsp3) is 0.160. The van der Waals surface area contributed by atoms with Crippen molar-refractivity contribution in [3.63, 3.8) is 0 Å². The quantitative estimate of drug-likeness (QED) is 0.465. The molecule has 0 atom stereocenters. The fourth-order valence-corrected chi connectivity index (χ4v) is 3.53. The highest BCUT2D eigenvalue weighted by molar-refractivity contribution is 5.96. The summed E-state index contributed by atoms with van der Waals surface area (Å²) in [6, 6.07) is 16.7. The number of fused-ring (bicyclic) bond motifs is 1. The lowest BCUT2D eigenvalue weighted by atomic mass is 10.0. The number of carbonyl (C=O) groups excluding carboxylic acids is 2. The van der Waals surface area contributed by atoms with E-state index in [1.54, 1.807) is 25.3 Å². The van der Waals surface area contributed by atoms with E-state index in [1.807, 2.05) is 60.1 Å². The molecule has 4 aromatic rings. The van der Waals surface area contributed by atoms with Crippen molar-refractivity contribution in [3.05, 3.63) is 83.7 Å². The molecule has 6 heteroatoms. The van der Waals surface area contributed by atoms with Crippen LogP contribution in [0.25, 0.3) is 16.9 Å². The average Bonchev–Trinajstić information content (AvgIpc) is 3.20. The second-order valence-electron chi connectivity index (χ2n) is 7.43. The van der Waals surface area contributed by atoms with E-state index >= 15 is 0 Å². The highest BCUT2D eigenvalue weighted by Crippen LogP contribution is 2.24. The number of Topliss-reactive ketones (excluding diaryl/α,β-unsaturated/α-hetero) is 1. The zero-order valence-corrected chi connectivity index (χ0v) is 17.7. The number of nitrogens with zero attached hydrogens (tertiary/aromatic N) is 2. The normalized spacial score (nSPS) is 10.8. The molecule has 0 bridgehead atoms. The lowest BCUT2D eigenvalue weighted by molar-refractivity contribution is -0.115. The lowest BCUT2D eigenvalue weighted by Crippen LogP contribution is -2.15. The molecule has 0 fully saturated rings. The minimum absolute atomic E-state index is 0.0537. The van der Waals surface area contributed by atoms with E-state index in [1.165, 1.54) is 6.92 Å². The van der Waals surface area contributed by atoms with Gasteiger partial charge in [0.05, 0.1) is 19.2 Å². The molecule has 0 unspecified atom stereocenters. The van der Waals surface area contributed by atoms with E-state index in [4.69, 9.17) is 9.72 Å². The van der Waals surface area contributed by atoms with Crippen LogP contribution in [-0.2, 0) is 11.2 Å². The van der Waals surface area contributed by atoms with Gasteiger partial charge in [0.25, 0.3) is 0 Å². The first kappa shape index (κ1) is 20.3. The molecule has 1 N–H and O–H groups in total. The Morgan fingerprint density at radius 2 is 1.87 bits per heavy atom. The maximum Gasteiger partial charge on any atom is 0.228 e. The summed E-state index contributed by atoms with van der Waals surface area (Å²) in [5.41, 5.74) is 5.80. The highest BCUT2D eigenvalue weighted by atomic mass is 16.5. The zero-order chi connectivity index (χ0) is 22.0. The van der Waals surface area contributed by atoms with Crippen molar-refractivity contribution in [1.82, 2.24) is 9.38 Å².